The lowest BCUT2D eigenvalue weighted by molar-refractivity contribution is 0.582. The van der Waals surface area contributed by atoms with Gasteiger partial charge in [0.2, 0.25) is 10.0 Å². The van der Waals surface area contributed by atoms with Gasteiger partial charge in [0, 0.05) is 6.54 Å². The summed E-state index contributed by atoms with van der Waals surface area (Å²) in [5.74, 6) is 0. The van der Waals surface area contributed by atoms with Crippen molar-refractivity contribution in [3.05, 3.63) is 54.1 Å². The fourth-order valence-corrected chi connectivity index (χ4v) is 3.74. The Morgan fingerprint density at radius 3 is 2.57 bits per heavy atom. The Hall–Kier alpha value is -1.65. The zero-order valence-electron chi connectivity index (χ0n) is 11.9. The van der Waals surface area contributed by atoms with E-state index in [0.717, 1.165) is 30.0 Å². The normalized spacial score (nSPS) is 15.9. The van der Waals surface area contributed by atoms with Gasteiger partial charge in [-0.1, -0.05) is 42.0 Å². The molecule has 0 amide bonds. The van der Waals surface area contributed by atoms with Crippen molar-refractivity contribution in [3.8, 4) is 0 Å². The van der Waals surface area contributed by atoms with Crippen LogP contribution in [0.25, 0.3) is 10.8 Å². The van der Waals surface area contributed by atoms with Crippen LogP contribution in [0.4, 0.5) is 0 Å². The van der Waals surface area contributed by atoms with Crippen molar-refractivity contribution in [2.24, 2.45) is 0 Å². The average molecular weight is 301 g/mol. The number of allylic oxidation sites excluding steroid dienone is 1. The minimum Gasteiger partial charge on any atom is -0.207 e. The second kappa shape index (κ2) is 6.00. The summed E-state index contributed by atoms with van der Waals surface area (Å²) in [6.45, 7) is 0.426. The molecule has 3 rings (SSSR count). The molecule has 2 aromatic rings. The molecular weight excluding hydrogens is 282 g/mol. The van der Waals surface area contributed by atoms with Crippen LogP contribution in [0.3, 0.4) is 0 Å². The Morgan fingerprint density at radius 2 is 1.81 bits per heavy atom. The number of rotatable bonds is 4. The van der Waals surface area contributed by atoms with Crippen LogP contribution in [0.15, 0.2) is 59.0 Å². The second-order valence-corrected chi connectivity index (χ2v) is 7.21. The molecule has 1 aliphatic rings. The number of hydrogen-bond donors (Lipinski definition) is 1. The molecule has 21 heavy (non-hydrogen) atoms. The quantitative estimate of drug-likeness (QED) is 0.877. The minimum atomic E-state index is -3.44. The van der Waals surface area contributed by atoms with Gasteiger partial charge < -0.3 is 0 Å². The Balaban J connectivity index is 1.80. The van der Waals surface area contributed by atoms with Crippen molar-refractivity contribution in [3.63, 3.8) is 0 Å². The predicted molar refractivity (Wildman–Crippen MR) is 85.7 cm³/mol. The van der Waals surface area contributed by atoms with Crippen LogP contribution in [0.2, 0.25) is 0 Å². The Kier molecular flexibility index (Phi) is 4.08. The molecule has 4 heteroatoms. The standard InChI is InChI=1S/C17H19NO2S/c19-21(20,18-13-14-6-2-1-3-7-14)17-11-10-15-8-4-5-9-16(15)12-17/h4-6,8-12,18H,1-3,7,13H2. The Bertz CT molecular complexity index is 778. The maximum atomic E-state index is 12.4. The van der Waals surface area contributed by atoms with Crippen molar-refractivity contribution in [2.45, 2.75) is 30.6 Å². The third kappa shape index (κ3) is 3.34. The monoisotopic (exact) mass is 301 g/mol. The van der Waals surface area contributed by atoms with Crippen LogP contribution in [-0.4, -0.2) is 15.0 Å². The zero-order chi connectivity index (χ0) is 14.7. The number of hydrogen-bond acceptors (Lipinski definition) is 2. The Labute approximate surface area is 125 Å². The van der Waals surface area contributed by atoms with Crippen LogP contribution in [0, 0.1) is 0 Å². The molecule has 0 saturated carbocycles. The fourth-order valence-electron chi connectivity index (χ4n) is 2.67. The molecule has 0 saturated heterocycles. The van der Waals surface area contributed by atoms with E-state index in [1.807, 2.05) is 30.3 Å². The van der Waals surface area contributed by atoms with E-state index in [4.69, 9.17) is 0 Å². The van der Waals surface area contributed by atoms with E-state index < -0.39 is 10.0 Å². The van der Waals surface area contributed by atoms with Crippen LogP contribution in [0.5, 0.6) is 0 Å². The molecule has 0 heterocycles. The smallest absolute Gasteiger partial charge is 0.207 e. The van der Waals surface area contributed by atoms with E-state index in [1.54, 1.807) is 12.1 Å². The molecule has 0 fully saturated rings. The molecule has 1 aliphatic carbocycles. The molecule has 110 valence electrons. The Morgan fingerprint density at radius 1 is 1.00 bits per heavy atom. The summed E-state index contributed by atoms with van der Waals surface area (Å²) in [6, 6.07) is 13.0. The van der Waals surface area contributed by atoms with Gasteiger partial charge in [0.25, 0.3) is 0 Å². The molecule has 2 aromatic carbocycles. The van der Waals surface area contributed by atoms with E-state index in [2.05, 4.69) is 10.8 Å². The number of benzene rings is 2. The average Bonchev–Trinajstić information content (AvgIpc) is 2.53. The van der Waals surface area contributed by atoms with E-state index >= 15 is 0 Å². The SMILES string of the molecule is O=S(=O)(NCC1=CCCCC1)c1ccc2ccccc2c1. The summed E-state index contributed by atoms with van der Waals surface area (Å²) in [6.07, 6.45) is 6.59. The largest absolute Gasteiger partial charge is 0.240 e. The highest BCUT2D eigenvalue weighted by Gasteiger charge is 2.15. The zero-order valence-corrected chi connectivity index (χ0v) is 12.7. The molecule has 1 N–H and O–H groups in total. The molecule has 3 nitrogen and oxygen atoms in total. The predicted octanol–water partition coefficient (Wildman–Crippen LogP) is 3.62. The van der Waals surface area contributed by atoms with Crippen LogP contribution in [-0.2, 0) is 10.0 Å². The lowest BCUT2D eigenvalue weighted by Gasteiger charge is -2.14. The van der Waals surface area contributed by atoms with Gasteiger partial charge >= 0.3 is 0 Å². The van der Waals surface area contributed by atoms with E-state index in [-0.39, 0.29) is 0 Å². The molecule has 0 unspecified atom stereocenters. The molecule has 0 atom stereocenters. The third-order valence-corrected chi connectivity index (χ3v) is 5.30. The summed E-state index contributed by atoms with van der Waals surface area (Å²) in [5, 5.41) is 1.99. The van der Waals surface area contributed by atoms with Crippen LogP contribution >= 0.6 is 0 Å². The molecule has 0 radical (unpaired) electrons. The minimum absolute atomic E-state index is 0.331. The maximum Gasteiger partial charge on any atom is 0.240 e. The molecule has 0 spiro atoms. The first-order valence-corrected chi connectivity index (χ1v) is 8.80. The highest BCUT2D eigenvalue weighted by atomic mass is 32.2. The third-order valence-electron chi connectivity index (χ3n) is 3.91. The van der Waals surface area contributed by atoms with E-state index in [0.29, 0.717) is 11.4 Å². The van der Waals surface area contributed by atoms with Crippen LogP contribution in [0.1, 0.15) is 25.7 Å². The van der Waals surface area contributed by atoms with Crippen molar-refractivity contribution < 1.29 is 8.42 Å². The van der Waals surface area contributed by atoms with Gasteiger partial charge in [-0.3, -0.25) is 0 Å². The molecule has 0 aromatic heterocycles. The summed E-state index contributed by atoms with van der Waals surface area (Å²) < 4.78 is 27.5. The second-order valence-electron chi connectivity index (χ2n) is 5.44. The van der Waals surface area contributed by atoms with Gasteiger partial charge in [-0.25, -0.2) is 13.1 Å². The van der Waals surface area contributed by atoms with Crippen molar-refractivity contribution in [2.75, 3.05) is 6.54 Å². The van der Waals surface area contributed by atoms with Crippen molar-refractivity contribution >= 4 is 20.8 Å². The van der Waals surface area contributed by atoms with Gasteiger partial charge in [-0.15, -0.1) is 0 Å². The van der Waals surface area contributed by atoms with Crippen LogP contribution < -0.4 is 4.72 Å². The first-order chi connectivity index (χ1) is 10.1. The summed E-state index contributed by atoms with van der Waals surface area (Å²) >= 11 is 0. The van der Waals surface area contributed by atoms with Gasteiger partial charge in [-0.2, -0.15) is 0 Å². The number of nitrogens with one attached hydrogen (secondary N) is 1. The lowest BCUT2D eigenvalue weighted by Crippen LogP contribution is -2.26. The van der Waals surface area contributed by atoms with Crippen molar-refractivity contribution in [1.82, 2.24) is 4.72 Å². The summed E-state index contributed by atoms with van der Waals surface area (Å²) in [7, 11) is -3.44. The molecular formula is C17H19NO2S. The van der Waals surface area contributed by atoms with E-state index in [1.165, 1.54) is 12.0 Å². The lowest BCUT2D eigenvalue weighted by atomic mass is 10.0. The number of fused-ring (bicyclic) bond motifs is 1. The fraction of sp³-hybridized carbons (Fsp3) is 0.294. The van der Waals surface area contributed by atoms with Gasteiger partial charge in [0.15, 0.2) is 0 Å². The summed E-state index contributed by atoms with van der Waals surface area (Å²) in [4.78, 5) is 0.331. The molecule has 0 aliphatic heterocycles. The highest BCUT2D eigenvalue weighted by Crippen LogP contribution is 2.20. The maximum absolute atomic E-state index is 12.4. The van der Waals surface area contributed by atoms with Gasteiger partial charge in [0.05, 0.1) is 4.90 Å². The van der Waals surface area contributed by atoms with Gasteiger partial charge in [0.1, 0.15) is 0 Å². The highest BCUT2D eigenvalue weighted by molar-refractivity contribution is 7.89. The first-order valence-electron chi connectivity index (χ1n) is 7.31. The van der Waals surface area contributed by atoms with Gasteiger partial charge in [-0.05, 0) is 48.6 Å². The van der Waals surface area contributed by atoms with E-state index in [9.17, 15) is 8.42 Å². The first kappa shape index (κ1) is 14.3. The summed E-state index contributed by atoms with van der Waals surface area (Å²) in [5.41, 5.74) is 1.20. The number of sulfonamides is 1. The molecule has 0 bridgehead atoms. The topological polar surface area (TPSA) is 46.2 Å². The van der Waals surface area contributed by atoms with Crippen molar-refractivity contribution in [1.29, 1.82) is 0 Å².